The number of hydrogen-bond acceptors (Lipinski definition) is 7. The van der Waals surface area contributed by atoms with E-state index in [1.165, 1.54) is 0 Å². The first-order valence-corrected chi connectivity index (χ1v) is 8.66. The second-order valence-electron chi connectivity index (χ2n) is 7.17. The molecule has 2 saturated heterocycles. The molecule has 0 amide bonds. The number of nitrogens with zero attached hydrogens (tertiary/aromatic N) is 4. The fourth-order valence-corrected chi connectivity index (χ4v) is 3.95. The van der Waals surface area contributed by atoms with E-state index in [2.05, 4.69) is 24.8 Å². The maximum atomic E-state index is 6.02. The lowest BCUT2D eigenvalue weighted by atomic mass is 10.1. The molecular weight excluding hydrogens is 332 g/mol. The Labute approximate surface area is 150 Å². The average molecular weight is 352 g/mol. The molecule has 3 aromatic rings. The van der Waals surface area contributed by atoms with Gasteiger partial charge in [-0.1, -0.05) is 0 Å². The highest BCUT2D eigenvalue weighted by atomic mass is 16.8. The maximum absolute atomic E-state index is 6.02. The third-order valence-electron chi connectivity index (χ3n) is 4.93. The van der Waals surface area contributed by atoms with Crippen molar-refractivity contribution in [3.8, 4) is 11.3 Å². The molecule has 0 aliphatic carbocycles. The van der Waals surface area contributed by atoms with Crippen molar-refractivity contribution >= 4 is 22.7 Å². The van der Waals surface area contributed by atoms with E-state index in [9.17, 15) is 0 Å². The molecular formula is C18H20N6O2. The van der Waals surface area contributed by atoms with Crippen LogP contribution in [0, 0.1) is 0 Å². The van der Waals surface area contributed by atoms with Crippen LogP contribution in [0.5, 0.6) is 0 Å². The van der Waals surface area contributed by atoms with Gasteiger partial charge in [-0.25, -0.2) is 15.0 Å². The van der Waals surface area contributed by atoms with Gasteiger partial charge in [0.05, 0.1) is 16.8 Å². The molecule has 5 heterocycles. The van der Waals surface area contributed by atoms with Gasteiger partial charge in [0, 0.05) is 37.2 Å². The third-order valence-corrected chi connectivity index (χ3v) is 4.93. The molecule has 0 bridgehead atoms. The summed E-state index contributed by atoms with van der Waals surface area (Å²) < 4.78 is 12.0. The summed E-state index contributed by atoms with van der Waals surface area (Å²) in [6.45, 7) is 5.49. The number of H-pyrrole nitrogens is 1. The Balaban J connectivity index is 1.56. The summed E-state index contributed by atoms with van der Waals surface area (Å²) in [7, 11) is 0. The smallest absolute Gasteiger partial charge is 0.220 e. The van der Waals surface area contributed by atoms with Crippen LogP contribution in [0.2, 0.25) is 0 Å². The molecule has 0 spiro atoms. The quantitative estimate of drug-likeness (QED) is 0.726. The highest BCUT2D eigenvalue weighted by Gasteiger charge is 2.47. The van der Waals surface area contributed by atoms with Crippen molar-refractivity contribution in [3.05, 3.63) is 30.7 Å². The summed E-state index contributed by atoms with van der Waals surface area (Å²) in [5.74, 6) is -0.255. The largest absolute Gasteiger partial charge is 0.368 e. The van der Waals surface area contributed by atoms with E-state index in [4.69, 9.17) is 15.2 Å². The van der Waals surface area contributed by atoms with E-state index in [-0.39, 0.29) is 18.2 Å². The molecule has 3 aromatic heterocycles. The minimum absolute atomic E-state index is 0.0744. The zero-order valence-corrected chi connectivity index (χ0v) is 14.6. The lowest BCUT2D eigenvalue weighted by Gasteiger charge is -2.24. The van der Waals surface area contributed by atoms with Crippen LogP contribution < -0.4 is 10.6 Å². The number of anilines is 2. The van der Waals surface area contributed by atoms with Crippen LogP contribution in [-0.4, -0.2) is 51.0 Å². The van der Waals surface area contributed by atoms with E-state index in [1.807, 2.05) is 38.4 Å². The molecule has 2 aliphatic heterocycles. The van der Waals surface area contributed by atoms with Gasteiger partial charge < -0.3 is 25.1 Å². The summed E-state index contributed by atoms with van der Waals surface area (Å²) in [5.41, 5.74) is 9.39. The average Bonchev–Trinajstić information content (AvgIpc) is 3.24. The van der Waals surface area contributed by atoms with Gasteiger partial charge in [-0.2, -0.15) is 0 Å². The van der Waals surface area contributed by atoms with Crippen molar-refractivity contribution in [2.45, 2.75) is 31.8 Å². The Kier molecular flexibility index (Phi) is 3.22. The van der Waals surface area contributed by atoms with Gasteiger partial charge in [0.25, 0.3) is 0 Å². The molecule has 2 unspecified atom stereocenters. The van der Waals surface area contributed by atoms with E-state index in [1.54, 1.807) is 6.20 Å². The topological polar surface area (TPSA) is 102 Å². The number of nitrogens with one attached hydrogen (secondary N) is 1. The number of rotatable bonds is 2. The van der Waals surface area contributed by atoms with Crippen molar-refractivity contribution in [2.75, 3.05) is 23.7 Å². The van der Waals surface area contributed by atoms with E-state index < -0.39 is 5.79 Å². The van der Waals surface area contributed by atoms with Crippen LogP contribution in [0.3, 0.4) is 0 Å². The van der Waals surface area contributed by atoms with Gasteiger partial charge in [0.2, 0.25) is 5.95 Å². The van der Waals surface area contributed by atoms with Crippen LogP contribution in [0.15, 0.2) is 30.7 Å². The summed E-state index contributed by atoms with van der Waals surface area (Å²) in [6.07, 6.45) is 5.54. The molecule has 0 saturated carbocycles. The number of nitrogens with two attached hydrogens (primary N) is 1. The number of pyridine rings is 1. The second kappa shape index (κ2) is 5.39. The standard InChI is InChI=1S/C18H20N6O2/c1-18(2)25-13-8-24(9-14(13)26-18)12-4-6-20-16-15(12)10(7-22-16)11-3-5-21-17(19)23-11/h3-7,13-14H,8-9H2,1-2H3,(H,20,22)(H2,19,21,23). The number of aromatic amines is 1. The minimum Gasteiger partial charge on any atom is -0.368 e. The van der Waals surface area contributed by atoms with Crippen molar-refractivity contribution in [1.29, 1.82) is 0 Å². The van der Waals surface area contributed by atoms with Crippen molar-refractivity contribution < 1.29 is 9.47 Å². The molecule has 2 fully saturated rings. The summed E-state index contributed by atoms with van der Waals surface area (Å²) in [6, 6.07) is 3.87. The Morgan fingerprint density at radius 1 is 1.15 bits per heavy atom. The van der Waals surface area contributed by atoms with Gasteiger partial charge in [-0.05, 0) is 26.0 Å². The number of ether oxygens (including phenoxy) is 2. The second-order valence-corrected chi connectivity index (χ2v) is 7.17. The molecule has 0 radical (unpaired) electrons. The van der Waals surface area contributed by atoms with Crippen molar-refractivity contribution in [1.82, 2.24) is 19.9 Å². The minimum atomic E-state index is -0.507. The molecule has 8 nitrogen and oxygen atoms in total. The third kappa shape index (κ3) is 2.41. The maximum Gasteiger partial charge on any atom is 0.220 e. The molecule has 8 heteroatoms. The van der Waals surface area contributed by atoms with Gasteiger partial charge in [-0.15, -0.1) is 0 Å². The number of fused-ring (bicyclic) bond motifs is 2. The Hall–Kier alpha value is -2.71. The monoisotopic (exact) mass is 352 g/mol. The molecule has 26 heavy (non-hydrogen) atoms. The normalized spacial score (nSPS) is 24.3. The Morgan fingerprint density at radius 2 is 1.88 bits per heavy atom. The highest BCUT2D eigenvalue weighted by molar-refractivity contribution is 6.02. The van der Waals surface area contributed by atoms with Gasteiger partial charge in [-0.3, -0.25) is 0 Å². The first kappa shape index (κ1) is 15.5. The number of hydrogen-bond donors (Lipinski definition) is 2. The van der Waals surface area contributed by atoms with Crippen molar-refractivity contribution in [3.63, 3.8) is 0 Å². The molecule has 2 atom stereocenters. The van der Waals surface area contributed by atoms with E-state index >= 15 is 0 Å². The predicted molar refractivity (Wildman–Crippen MR) is 97.6 cm³/mol. The summed E-state index contributed by atoms with van der Waals surface area (Å²) >= 11 is 0. The first-order valence-electron chi connectivity index (χ1n) is 8.66. The fourth-order valence-electron chi connectivity index (χ4n) is 3.95. The fraction of sp³-hybridized carbons (Fsp3) is 0.389. The molecule has 3 N–H and O–H groups in total. The van der Waals surface area contributed by atoms with Crippen LogP contribution >= 0.6 is 0 Å². The molecule has 5 rings (SSSR count). The van der Waals surface area contributed by atoms with E-state index in [0.29, 0.717) is 0 Å². The van der Waals surface area contributed by atoms with E-state index in [0.717, 1.165) is 41.1 Å². The lowest BCUT2D eigenvalue weighted by Crippen LogP contribution is -2.30. The zero-order chi connectivity index (χ0) is 17.9. The van der Waals surface area contributed by atoms with Crippen molar-refractivity contribution in [2.24, 2.45) is 0 Å². The SMILES string of the molecule is CC1(C)OC2CN(c3ccnc4[nH]cc(-c5ccnc(N)n5)c34)CC2O1. The summed E-state index contributed by atoms with van der Waals surface area (Å²) in [4.78, 5) is 18.3. The number of nitrogen functional groups attached to an aromatic ring is 1. The molecule has 0 aromatic carbocycles. The lowest BCUT2D eigenvalue weighted by molar-refractivity contribution is -0.147. The Bertz CT molecular complexity index is 969. The van der Waals surface area contributed by atoms with Gasteiger partial charge >= 0.3 is 0 Å². The summed E-state index contributed by atoms with van der Waals surface area (Å²) in [5, 5.41) is 1.02. The first-order chi connectivity index (χ1) is 12.5. The van der Waals surface area contributed by atoms with Crippen LogP contribution in [0.25, 0.3) is 22.3 Å². The molecule has 2 aliphatic rings. The predicted octanol–water partition coefficient (Wildman–Crippen LogP) is 1.94. The number of aromatic nitrogens is 4. The van der Waals surface area contributed by atoms with Crippen LogP contribution in [0.1, 0.15) is 13.8 Å². The highest BCUT2D eigenvalue weighted by Crippen LogP contribution is 2.39. The zero-order valence-electron chi connectivity index (χ0n) is 14.6. The van der Waals surface area contributed by atoms with Crippen LogP contribution in [-0.2, 0) is 9.47 Å². The van der Waals surface area contributed by atoms with Crippen LogP contribution in [0.4, 0.5) is 11.6 Å². The molecule has 134 valence electrons. The van der Waals surface area contributed by atoms with Gasteiger partial charge in [0.1, 0.15) is 17.9 Å². The van der Waals surface area contributed by atoms with Gasteiger partial charge in [0.15, 0.2) is 5.79 Å². The Morgan fingerprint density at radius 3 is 2.62 bits per heavy atom.